The van der Waals surface area contributed by atoms with Gasteiger partial charge in [-0.3, -0.25) is 4.99 Å². The quantitative estimate of drug-likeness (QED) is 0.510. The minimum absolute atomic E-state index is 0.0193. The van der Waals surface area contributed by atoms with Crippen LogP contribution in [0.25, 0.3) is 0 Å². The molecule has 74 valence electrons. The van der Waals surface area contributed by atoms with Gasteiger partial charge < -0.3 is 10.4 Å². The Bertz CT molecular complexity index is 200. The smallest absolute Gasteiger partial charge is 0.0473 e. The second kappa shape index (κ2) is 5.48. The van der Waals surface area contributed by atoms with Crippen LogP contribution >= 0.6 is 0 Å². The molecule has 0 amide bonds. The molecule has 0 saturated heterocycles. The van der Waals surface area contributed by atoms with Crippen molar-refractivity contribution in [3.8, 4) is 0 Å². The van der Waals surface area contributed by atoms with Crippen LogP contribution in [0.2, 0.25) is 0 Å². The van der Waals surface area contributed by atoms with Crippen molar-refractivity contribution in [1.29, 1.82) is 5.41 Å². The van der Waals surface area contributed by atoms with E-state index in [2.05, 4.69) is 31.2 Å². The van der Waals surface area contributed by atoms with Crippen molar-refractivity contribution in [2.75, 3.05) is 7.05 Å². The second-order valence-corrected chi connectivity index (χ2v) is 3.53. The molecule has 0 bridgehead atoms. The summed E-state index contributed by atoms with van der Waals surface area (Å²) in [4.78, 5) is 3.86. The minimum atomic E-state index is 0.0193. The Hall–Kier alpha value is -1.16. The molecule has 0 aromatic carbocycles. The van der Waals surface area contributed by atoms with E-state index in [0.717, 1.165) is 6.21 Å². The average molecular weight is 182 g/mol. The average Bonchev–Trinajstić information content (AvgIpc) is 2.02. The molecule has 0 rings (SSSR count). The van der Waals surface area contributed by atoms with Crippen molar-refractivity contribution in [3.05, 3.63) is 12.4 Å². The molecule has 0 aliphatic carbocycles. The van der Waals surface area contributed by atoms with Crippen LogP contribution in [0.15, 0.2) is 17.4 Å². The highest BCUT2D eigenvalue weighted by molar-refractivity contribution is 6.14. The minimum Gasteiger partial charge on any atom is -0.309 e. The van der Waals surface area contributed by atoms with Crippen molar-refractivity contribution in [2.45, 2.75) is 26.3 Å². The Morgan fingerprint density at radius 3 is 2.38 bits per heavy atom. The molecule has 0 radical (unpaired) electrons. The zero-order valence-electron chi connectivity index (χ0n) is 8.70. The zero-order chi connectivity index (χ0) is 10.3. The summed E-state index contributed by atoms with van der Waals surface area (Å²) in [6, 6.07) is 0. The van der Waals surface area contributed by atoms with Crippen LogP contribution in [0.3, 0.4) is 0 Å². The number of aliphatic imine (C=N–C) groups is 1. The highest BCUT2D eigenvalue weighted by atomic mass is 15.5. The molecular weight excluding hydrogens is 164 g/mol. The highest BCUT2D eigenvalue weighted by Gasteiger charge is 2.15. The van der Waals surface area contributed by atoms with Gasteiger partial charge in [0.2, 0.25) is 0 Å². The van der Waals surface area contributed by atoms with Gasteiger partial charge in [0.15, 0.2) is 0 Å². The van der Waals surface area contributed by atoms with Gasteiger partial charge in [0.1, 0.15) is 0 Å². The summed E-state index contributed by atoms with van der Waals surface area (Å²) in [6.45, 7) is 6.27. The molecule has 0 atom stereocenters. The van der Waals surface area contributed by atoms with E-state index in [4.69, 9.17) is 5.41 Å². The van der Waals surface area contributed by atoms with E-state index in [9.17, 15) is 0 Å². The topological polar surface area (TPSA) is 51.5 Å². The van der Waals surface area contributed by atoms with Crippen LogP contribution in [0.1, 0.15) is 20.8 Å². The zero-order valence-corrected chi connectivity index (χ0v) is 8.70. The lowest BCUT2D eigenvalue weighted by Crippen LogP contribution is -2.44. The Morgan fingerprint density at radius 2 is 2.00 bits per heavy atom. The third kappa shape index (κ3) is 5.14. The van der Waals surface area contributed by atoms with E-state index in [1.807, 2.05) is 18.3 Å². The molecule has 0 aliphatic heterocycles. The van der Waals surface area contributed by atoms with Crippen LogP contribution in [-0.4, -0.2) is 30.0 Å². The van der Waals surface area contributed by atoms with E-state index in [-0.39, 0.29) is 5.54 Å². The Morgan fingerprint density at radius 1 is 1.38 bits per heavy atom. The predicted molar refractivity (Wildman–Crippen MR) is 57.1 cm³/mol. The van der Waals surface area contributed by atoms with Crippen molar-refractivity contribution in [2.24, 2.45) is 4.99 Å². The van der Waals surface area contributed by atoms with Gasteiger partial charge in [-0.15, -0.1) is 0 Å². The number of hydrogen-bond acceptors (Lipinski definition) is 4. The molecule has 2 N–H and O–H groups in total. The molecule has 0 aromatic rings. The second-order valence-electron chi connectivity index (χ2n) is 3.53. The van der Waals surface area contributed by atoms with Gasteiger partial charge in [0, 0.05) is 37.4 Å². The van der Waals surface area contributed by atoms with E-state index in [0.29, 0.717) is 0 Å². The molecule has 13 heavy (non-hydrogen) atoms. The monoisotopic (exact) mass is 182 g/mol. The number of nitrogens with zero attached hydrogens (tertiary/aromatic N) is 2. The number of rotatable bonds is 4. The highest BCUT2D eigenvalue weighted by Crippen LogP contribution is 2.09. The van der Waals surface area contributed by atoms with Crippen LogP contribution in [0.4, 0.5) is 0 Å². The molecule has 0 aromatic heterocycles. The number of hydrogen-bond donors (Lipinski definition) is 2. The van der Waals surface area contributed by atoms with Crippen molar-refractivity contribution in [1.82, 2.24) is 10.4 Å². The molecule has 0 unspecified atom stereocenters. The first-order chi connectivity index (χ1) is 6.02. The van der Waals surface area contributed by atoms with Crippen LogP contribution in [-0.2, 0) is 0 Å². The third-order valence-corrected chi connectivity index (χ3v) is 1.43. The van der Waals surface area contributed by atoms with Gasteiger partial charge in [-0.1, -0.05) is 0 Å². The Labute approximate surface area is 79.8 Å². The first-order valence-electron chi connectivity index (χ1n) is 4.18. The van der Waals surface area contributed by atoms with E-state index in [1.165, 1.54) is 6.21 Å². The third-order valence-electron chi connectivity index (χ3n) is 1.43. The maximum Gasteiger partial charge on any atom is 0.0473 e. The molecule has 4 heteroatoms. The fraction of sp³-hybridized carbons (Fsp3) is 0.556. The molecule has 0 aliphatic rings. The standard InChI is InChI=1S/C9H18N4/c1-9(2,3)13(11-4)8-7-12-6-5-10/h5-8,10-11H,1-4H3/b8-7+,10-5?,12-6?. The maximum atomic E-state index is 6.72. The Balaban J connectivity index is 4.20. The fourth-order valence-electron chi connectivity index (χ4n) is 0.831. The summed E-state index contributed by atoms with van der Waals surface area (Å²) in [6.07, 6.45) is 6.05. The number of hydrazine groups is 1. The van der Waals surface area contributed by atoms with Gasteiger partial charge in [-0.05, 0) is 20.8 Å². The van der Waals surface area contributed by atoms with Gasteiger partial charge in [-0.25, -0.2) is 5.43 Å². The van der Waals surface area contributed by atoms with Crippen molar-refractivity contribution >= 4 is 12.4 Å². The summed E-state index contributed by atoms with van der Waals surface area (Å²) in [5.74, 6) is 0. The number of nitrogens with one attached hydrogen (secondary N) is 2. The van der Waals surface area contributed by atoms with Crippen LogP contribution < -0.4 is 5.43 Å². The van der Waals surface area contributed by atoms with Gasteiger partial charge in [-0.2, -0.15) is 0 Å². The fourth-order valence-corrected chi connectivity index (χ4v) is 0.831. The molecule has 0 fully saturated rings. The van der Waals surface area contributed by atoms with Gasteiger partial charge in [0.05, 0.1) is 0 Å². The molecule has 4 nitrogen and oxygen atoms in total. The SMILES string of the molecule is CNN(/C=C/N=CC=N)C(C)(C)C. The van der Waals surface area contributed by atoms with E-state index in [1.54, 1.807) is 6.20 Å². The molecule has 0 spiro atoms. The van der Waals surface area contributed by atoms with Crippen LogP contribution in [0.5, 0.6) is 0 Å². The maximum absolute atomic E-state index is 6.72. The van der Waals surface area contributed by atoms with E-state index >= 15 is 0 Å². The lowest BCUT2D eigenvalue weighted by atomic mass is 10.1. The largest absolute Gasteiger partial charge is 0.309 e. The van der Waals surface area contributed by atoms with Gasteiger partial charge in [0.25, 0.3) is 0 Å². The lowest BCUT2D eigenvalue weighted by molar-refractivity contribution is 0.151. The molecule has 0 heterocycles. The van der Waals surface area contributed by atoms with Crippen molar-refractivity contribution < 1.29 is 0 Å². The summed E-state index contributed by atoms with van der Waals surface area (Å²) >= 11 is 0. The summed E-state index contributed by atoms with van der Waals surface area (Å²) < 4.78 is 0. The van der Waals surface area contributed by atoms with Crippen molar-refractivity contribution in [3.63, 3.8) is 0 Å². The van der Waals surface area contributed by atoms with E-state index < -0.39 is 0 Å². The normalized spacial score (nSPS) is 12.6. The lowest BCUT2D eigenvalue weighted by Gasteiger charge is -2.33. The van der Waals surface area contributed by atoms with Crippen LogP contribution in [0, 0.1) is 5.41 Å². The van der Waals surface area contributed by atoms with Gasteiger partial charge >= 0.3 is 0 Å². The Kier molecular flexibility index (Phi) is 4.99. The first kappa shape index (κ1) is 11.8. The summed E-state index contributed by atoms with van der Waals surface area (Å²) in [5, 5.41) is 8.66. The summed E-state index contributed by atoms with van der Waals surface area (Å²) in [5.41, 5.74) is 3.05. The molecular formula is C9H18N4. The predicted octanol–water partition coefficient (Wildman–Crippen LogP) is 1.41. The first-order valence-corrected chi connectivity index (χ1v) is 4.18. The summed E-state index contributed by atoms with van der Waals surface area (Å²) in [7, 11) is 1.86. The molecule has 0 saturated carbocycles.